The Kier molecular flexibility index (Phi) is 7.64. The second kappa shape index (κ2) is 10.0. The number of anilines is 1. The fraction of sp³-hybridized carbons (Fsp3) is 0.143. The zero-order chi connectivity index (χ0) is 27.0. The summed E-state index contributed by atoms with van der Waals surface area (Å²) in [7, 11) is -6.37. The predicted octanol–water partition coefficient (Wildman–Crippen LogP) is 3.06. The fourth-order valence-corrected chi connectivity index (χ4v) is 7.54. The number of nitrogens with zero attached hydrogens (tertiary/aromatic N) is 4. The molecular weight excluding hydrogens is 550 g/mol. The highest BCUT2D eigenvalue weighted by molar-refractivity contribution is 8.05. The van der Waals surface area contributed by atoms with E-state index in [0.717, 1.165) is 40.6 Å². The van der Waals surface area contributed by atoms with Crippen molar-refractivity contribution in [3.8, 4) is 0 Å². The van der Waals surface area contributed by atoms with Crippen molar-refractivity contribution in [3.05, 3.63) is 81.6 Å². The summed E-state index contributed by atoms with van der Waals surface area (Å²) in [4.78, 5) is 10.8. The highest BCUT2D eigenvalue weighted by Crippen LogP contribution is 2.32. The van der Waals surface area contributed by atoms with Gasteiger partial charge in [0.1, 0.15) is 9.79 Å². The minimum atomic E-state index is -4.96. The lowest BCUT2D eigenvalue weighted by Crippen LogP contribution is -2.56. The molecule has 0 atom stereocenters. The molecule has 11 nitrogen and oxygen atoms in total. The monoisotopic (exact) mass is 570 g/mol. The topological polar surface area (TPSA) is 146 Å². The van der Waals surface area contributed by atoms with Gasteiger partial charge in [0.2, 0.25) is 0 Å². The fourth-order valence-electron chi connectivity index (χ4n) is 3.09. The maximum Gasteiger partial charge on any atom is 0.421 e. The molecule has 0 amide bonds. The summed E-state index contributed by atoms with van der Waals surface area (Å²) >= 11 is 10.2. The van der Waals surface area contributed by atoms with Crippen LogP contribution < -0.4 is 9.47 Å². The second-order valence-corrected chi connectivity index (χ2v) is 12.4. The Bertz CT molecular complexity index is 1560. The lowest BCUT2D eigenvalue weighted by molar-refractivity contribution is -0.562. The third-order valence-electron chi connectivity index (χ3n) is 5.05. The maximum atomic E-state index is 13.8. The van der Waals surface area contributed by atoms with Gasteiger partial charge in [0.15, 0.2) is 0 Å². The summed E-state index contributed by atoms with van der Waals surface area (Å²) in [6.45, 7) is 1.53. The average molecular weight is 571 g/mol. The Labute approximate surface area is 218 Å². The molecule has 0 saturated heterocycles. The second-order valence-electron chi connectivity index (χ2n) is 7.71. The van der Waals surface area contributed by atoms with E-state index >= 15 is 0 Å². The molecule has 15 heteroatoms. The molecule has 2 aromatic carbocycles. The zero-order valence-corrected chi connectivity index (χ0v) is 22.4. The van der Waals surface area contributed by atoms with Crippen LogP contribution in [0.1, 0.15) is 5.56 Å². The summed E-state index contributed by atoms with van der Waals surface area (Å²) in [5.74, 6) is -0.931. The number of nitro groups is 1. The van der Waals surface area contributed by atoms with Gasteiger partial charge in [-0.25, -0.2) is 4.57 Å². The molecule has 36 heavy (non-hydrogen) atoms. The maximum absolute atomic E-state index is 13.8. The van der Waals surface area contributed by atoms with Gasteiger partial charge in [0.05, 0.1) is 17.3 Å². The number of non-ortho nitro benzene ring substituents is 1. The van der Waals surface area contributed by atoms with Crippen molar-refractivity contribution in [1.82, 2.24) is 3.71 Å². The van der Waals surface area contributed by atoms with Gasteiger partial charge in [0.25, 0.3) is 5.69 Å². The molecule has 0 aliphatic rings. The summed E-state index contributed by atoms with van der Waals surface area (Å²) in [6, 6.07) is 9.20. The average Bonchev–Trinajstić information content (AvgIpc) is 2.81. The van der Waals surface area contributed by atoms with Gasteiger partial charge in [0, 0.05) is 41.8 Å². The molecule has 1 heterocycles. The van der Waals surface area contributed by atoms with E-state index in [4.69, 9.17) is 17.0 Å². The summed E-state index contributed by atoms with van der Waals surface area (Å²) < 4.78 is 55.8. The number of nitro benzene ring substituents is 1. The third kappa shape index (κ3) is 5.16. The third-order valence-corrected chi connectivity index (χ3v) is 10.1. The predicted molar refractivity (Wildman–Crippen MR) is 137 cm³/mol. The molecule has 0 bridgehead atoms. The van der Waals surface area contributed by atoms with E-state index in [1.165, 1.54) is 25.4 Å². The Balaban J connectivity index is 2.26. The van der Waals surface area contributed by atoms with Crippen LogP contribution >= 0.6 is 24.2 Å². The first-order valence-corrected chi connectivity index (χ1v) is 13.7. The normalized spacial score (nSPS) is 11.7. The highest BCUT2D eigenvalue weighted by atomic mass is 35.5. The van der Waals surface area contributed by atoms with Gasteiger partial charge in [-0.05, 0) is 52.6 Å². The van der Waals surface area contributed by atoms with Crippen LogP contribution in [-0.4, -0.2) is 45.5 Å². The van der Waals surface area contributed by atoms with Crippen LogP contribution in [0.4, 0.5) is 11.4 Å². The molecule has 1 aromatic heterocycles. The van der Waals surface area contributed by atoms with E-state index in [1.54, 1.807) is 31.1 Å². The van der Waals surface area contributed by atoms with Crippen molar-refractivity contribution in [3.63, 3.8) is 0 Å². The van der Waals surface area contributed by atoms with Crippen molar-refractivity contribution in [2.75, 3.05) is 19.0 Å². The largest absolute Gasteiger partial charge is 0.421 e. The molecular formula is C21H21ClN5O6S3+. The molecule has 0 unspecified atom stereocenters. The Hall–Kier alpha value is -3.20. The number of rotatable bonds is 6. The number of hydrogen-bond acceptors (Lipinski definition) is 9. The molecule has 190 valence electrons. The van der Waals surface area contributed by atoms with Gasteiger partial charge in [-0.15, -0.1) is 18.0 Å². The van der Waals surface area contributed by atoms with E-state index in [1.807, 2.05) is 0 Å². The van der Waals surface area contributed by atoms with Crippen molar-refractivity contribution in [2.24, 2.45) is 0 Å². The van der Waals surface area contributed by atoms with Gasteiger partial charge in [-0.3, -0.25) is 10.1 Å². The van der Waals surface area contributed by atoms with Crippen molar-refractivity contribution >= 4 is 61.6 Å². The number of aryl methyl sites for hydroxylation is 1. The SMILES string of the molecule is Cc1cc(S(=O)(=O)N(C(=N)[n+]2ccc(N(C)C)cc2)S(=O)(=O)c2ccc([N+](=O)[O-])cc2)c(S)cc1Cl. The van der Waals surface area contributed by atoms with Crippen molar-refractivity contribution in [1.29, 1.82) is 5.41 Å². The summed E-state index contributed by atoms with van der Waals surface area (Å²) in [5.41, 5.74) is 0.672. The first kappa shape index (κ1) is 27.4. The van der Waals surface area contributed by atoms with E-state index in [2.05, 4.69) is 12.6 Å². The van der Waals surface area contributed by atoms with Crippen LogP contribution in [0, 0.1) is 22.4 Å². The number of nitrogens with one attached hydrogen (secondary N) is 1. The van der Waals surface area contributed by atoms with Crippen LogP contribution in [0.2, 0.25) is 5.02 Å². The first-order valence-electron chi connectivity index (χ1n) is 9.99. The minimum Gasteiger partial charge on any atom is -0.377 e. The lowest BCUT2D eigenvalue weighted by Gasteiger charge is -2.20. The molecule has 0 spiro atoms. The highest BCUT2D eigenvalue weighted by Gasteiger charge is 2.47. The molecule has 0 radical (unpaired) electrons. The van der Waals surface area contributed by atoms with E-state index in [0.29, 0.717) is 5.56 Å². The number of thiol groups is 1. The van der Waals surface area contributed by atoms with Crippen molar-refractivity contribution < 1.29 is 26.3 Å². The molecule has 0 fully saturated rings. The standard InChI is InChI=1S/C21H20ClN5O6S3/c1-14-12-20(19(34)13-18(14)22)36(32,33)27(21(23)25-10-8-15(9-11-25)24(2)3)35(30,31)17-6-4-16(5-7-17)26(28)29/h4-13,23H,1-3H3/p+1. The first-order chi connectivity index (χ1) is 16.7. The van der Waals surface area contributed by atoms with Crippen LogP contribution in [-0.2, 0) is 20.0 Å². The Morgan fingerprint density at radius 2 is 1.58 bits per heavy atom. The number of benzene rings is 2. The summed E-state index contributed by atoms with van der Waals surface area (Å²) in [6.07, 6.45) is 2.67. The van der Waals surface area contributed by atoms with Crippen LogP contribution in [0.25, 0.3) is 0 Å². The molecule has 3 aromatic rings. The van der Waals surface area contributed by atoms with E-state index in [9.17, 15) is 26.9 Å². The number of sulfonamides is 2. The van der Waals surface area contributed by atoms with Gasteiger partial charge >= 0.3 is 26.0 Å². The van der Waals surface area contributed by atoms with Crippen LogP contribution in [0.15, 0.2) is 75.6 Å². The van der Waals surface area contributed by atoms with E-state index < -0.39 is 46.4 Å². The minimum absolute atomic E-state index is 0.0428. The molecule has 1 N–H and O–H groups in total. The Morgan fingerprint density at radius 3 is 2.08 bits per heavy atom. The van der Waals surface area contributed by atoms with Gasteiger partial charge in [-0.2, -0.15) is 16.8 Å². The summed E-state index contributed by atoms with van der Waals surface area (Å²) in [5, 5.41) is 19.8. The number of pyridine rings is 1. The Morgan fingerprint density at radius 1 is 1.03 bits per heavy atom. The lowest BCUT2D eigenvalue weighted by atomic mass is 10.2. The van der Waals surface area contributed by atoms with Gasteiger partial charge in [-0.1, -0.05) is 11.6 Å². The quantitative estimate of drug-likeness (QED) is 0.116. The van der Waals surface area contributed by atoms with E-state index in [-0.39, 0.29) is 13.6 Å². The van der Waals surface area contributed by atoms with Crippen LogP contribution in [0.5, 0.6) is 0 Å². The molecule has 3 rings (SSSR count). The molecule has 0 aliphatic heterocycles. The number of aromatic nitrogens is 1. The smallest absolute Gasteiger partial charge is 0.377 e. The van der Waals surface area contributed by atoms with Crippen molar-refractivity contribution in [2.45, 2.75) is 21.6 Å². The van der Waals surface area contributed by atoms with Gasteiger partial charge < -0.3 is 4.90 Å². The van der Waals surface area contributed by atoms with Crippen LogP contribution in [0.3, 0.4) is 0 Å². The zero-order valence-electron chi connectivity index (χ0n) is 19.2. The molecule has 0 aliphatic carbocycles. The number of halogens is 1. The molecule has 0 saturated carbocycles. The number of hydrogen-bond donors (Lipinski definition) is 2.